The molecule has 2 aliphatic rings. The van der Waals surface area contributed by atoms with E-state index in [2.05, 4.69) is 0 Å². The lowest BCUT2D eigenvalue weighted by Crippen LogP contribution is -2.48. The topological polar surface area (TPSA) is 46.3 Å². The van der Waals surface area contributed by atoms with Crippen LogP contribution in [0.1, 0.15) is 38.2 Å². The van der Waals surface area contributed by atoms with Gasteiger partial charge in [-0.2, -0.15) is 0 Å². The zero-order valence-corrected chi connectivity index (χ0v) is 13.7. The fourth-order valence-electron chi connectivity index (χ4n) is 3.45. The summed E-state index contributed by atoms with van der Waals surface area (Å²) in [6.45, 7) is 3.61. The molecule has 2 atom stereocenters. The number of benzene rings is 1. The first-order valence-electron chi connectivity index (χ1n) is 7.84. The van der Waals surface area contributed by atoms with Crippen molar-refractivity contribution in [1.82, 2.24) is 4.90 Å². The molecule has 1 heterocycles. The molecule has 0 radical (unpaired) electrons. The number of carbonyl (C=O) groups is 1. The summed E-state index contributed by atoms with van der Waals surface area (Å²) in [5.74, 6) is 0.350. The average molecular weight is 327 g/mol. The summed E-state index contributed by atoms with van der Waals surface area (Å²) in [6.07, 6.45) is 3.87. The van der Waals surface area contributed by atoms with Crippen molar-refractivity contribution in [3.05, 3.63) is 35.6 Å². The summed E-state index contributed by atoms with van der Waals surface area (Å²) >= 11 is 0. The van der Waals surface area contributed by atoms with Gasteiger partial charge in [-0.15, -0.1) is 12.4 Å². The third-order valence-electron chi connectivity index (χ3n) is 5.04. The Balaban J connectivity index is 0.00000176. The molecule has 1 amide bonds. The van der Waals surface area contributed by atoms with Crippen LogP contribution in [0.5, 0.6) is 0 Å². The van der Waals surface area contributed by atoms with Gasteiger partial charge in [0.15, 0.2) is 0 Å². The van der Waals surface area contributed by atoms with Gasteiger partial charge in [0.25, 0.3) is 0 Å². The maximum Gasteiger partial charge on any atom is 0.233 e. The number of nitrogens with zero attached hydrogens (tertiary/aromatic N) is 1. The molecule has 3 nitrogen and oxygen atoms in total. The lowest BCUT2D eigenvalue weighted by atomic mass is 9.89. The van der Waals surface area contributed by atoms with Gasteiger partial charge >= 0.3 is 0 Å². The van der Waals surface area contributed by atoms with Crippen LogP contribution in [0.15, 0.2) is 24.3 Å². The molecule has 1 saturated carbocycles. The Morgan fingerprint density at radius 3 is 2.55 bits per heavy atom. The maximum absolute atomic E-state index is 13.1. The third-order valence-corrected chi connectivity index (χ3v) is 5.04. The highest BCUT2D eigenvalue weighted by molar-refractivity contribution is 5.91. The van der Waals surface area contributed by atoms with Crippen LogP contribution in [-0.2, 0) is 10.2 Å². The quantitative estimate of drug-likeness (QED) is 0.928. The fraction of sp³-hybridized carbons (Fsp3) is 0.588. The van der Waals surface area contributed by atoms with E-state index in [-0.39, 0.29) is 30.2 Å². The van der Waals surface area contributed by atoms with Crippen LogP contribution in [0.3, 0.4) is 0 Å². The first-order chi connectivity index (χ1) is 10.0. The molecule has 3 rings (SSSR count). The number of carbonyl (C=O) groups excluding carboxylic acids is 1. The molecule has 2 unspecified atom stereocenters. The predicted molar refractivity (Wildman–Crippen MR) is 87.5 cm³/mol. The van der Waals surface area contributed by atoms with Crippen LogP contribution in [-0.4, -0.2) is 29.9 Å². The maximum atomic E-state index is 13.1. The number of halogens is 2. The van der Waals surface area contributed by atoms with Crippen LogP contribution >= 0.6 is 12.4 Å². The van der Waals surface area contributed by atoms with E-state index in [1.165, 1.54) is 12.1 Å². The first kappa shape index (κ1) is 17.2. The molecule has 1 aliphatic carbocycles. The molecule has 1 saturated heterocycles. The van der Waals surface area contributed by atoms with Gasteiger partial charge < -0.3 is 10.6 Å². The predicted octanol–water partition coefficient (Wildman–Crippen LogP) is 2.86. The molecular formula is C17H24ClFN2O. The van der Waals surface area contributed by atoms with Gasteiger partial charge in [-0.25, -0.2) is 4.39 Å². The van der Waals surface area contributed by atoms with Crippen molar-refractivity contribution in [2.24, 2.45) is 11.7 Å². The number of rotatable bonds is 3. The molecule has 5 heteroatoms. The molecule has 22 heavy (non-hydrogen) atoms. The summed E-state index contributed by atoms with van der Waals surface area (Å²) in [5.41, 5.74) is 6.56. The molecule has 0 aromatic heterocycles. The monoisotopic (exact) mass is 326 g/mol. The summed E-state index contributed by atoms with van der Waals surface area (Å²) in [4.78, 5) is 14.9. The van der Waals surface area contributed by atoms with Crippen LogP contribution in [0, 0.1) is 11.7 Å². The van der Waals surface area contributed by atoms with Crippen molar-refractivity contribution in [3.63, 3.8) is 0 Å². The van der Waals surface area contributed by atoms with Crippen molar-refractivity contribution < 1.29 is 9.18 Å². The second-order valence-corrected chi connectivity index (χ2v) is 6.60. The Bertz CT molecular complexity index is 528. The van der Waals surface area contributed by atoms with Crippen molar-refractivity contribution in [3.8, 4) is 0 Å². The second-order valence-electron chi connectivity index (χ2n) is 6.60. The molecule has 0 spiro atoms. The zero-order valence-electron chi connectivity index (χ0n) is 12.9. The van der Waals surface area contributed by atoms with Crippen LogP contribution in [0.2, 0.25) is 0 Å². The number of hydrogen-bond acceptors (Lipinski definition) is 2. The van der Waals surface area contributed by atoms with E-state index in [1.807, 2.05) is 11.8 Å². The molecule has 0 bridgehead atoms. The van der Waals surface area contributed by atoms with Crippen molar-refractivity contribution >= 4 is 18.3 Å². The van der Waals surface area contributed by atoms with Crippen LogP contribution in [0.25, 0.3) is 0 Å². The summed E-state index contributed by atoms with van der Waals surface area (Å²) < 4.78 is 13.1. The number of hydrogen-bond donors (Lipinski definition) is 1. The Morgan fingerprint density at radius 2 is 2.00 bits per heavy atom. The standard InChI is InChI=1S/C17H23FN2O.ClH/c1-12(19)13-3-2-10-20(11-13)16(21)17(8-9-17)14-4-6-15(18)7-5-14;/h4-7,12-13H,2-3,8-11,19H2,1H3;1H. The SMILES string of the molecule is CC(N)C1CCCN(C(=O)C2(c3ccc(F)cc3)CC2)C1.Cl. The first-order valence-corrected chi connectivity index (χ1v) is 7.84. The highest BCUT2D eigenvalue weighted by atomic mass is 35.5. The molecule has 122 valence electrons. The Morgan fingerprint density at radius 1 is 1.36 bits per heavy atom. The Labute approximate surface area is 137 Å². The van der Waals surface area contributed by atoms with Crippen LogP contribution < -0.4 is 5.73 Å². The zero-order chi connectivity index (χ0) is 15.0. The normalized spacial score (nSPS) is 24.3. The fourth-order valence-corrected chi connectivity index (χ4v) is 3.45. The molecular weight excluding hydrogens is 303 g/mol. The average Bonchev–Trinajstić information content (AvgIpc) is 3.29. The minimum atomic E-state index is -0.395. The highest BCUT2D eigenvalue weighted by Gasteiger charge is 2.53. The molecule has 1 aromatic rings. The Hall–Kier alpha value is -1.13. The number of amides is 1. The van der Waals surface area contributed by atoms with Crippen LogP contribution in [0.4, 0.5) is 4.39 Å². The number of piperidine rings is 1. The third kappa shape index (κ3) is 3.13. The summed E-state index contributed by atoms with van der Waals surface area (Å²) in [6, 6.07) is 6.54. The van der Waals surface area contributed by atoms with E-state index in [0.29, 0.717) is 5.92 Å². The molecule has 1 aromatic carbocycles. The largest absolute Gasteiger partial charge is 0.342 e. The van der Waals surface area contributed by atoms with E-state index in [4.69, 9.17) is 5.73 Å². The summed E-state index contributed by atoms with van der Waals surface area (Å²) in [5, 5.41) is 0. The van der Waals surface area contributed by atoms with E-state index in [9.17, 15) is 9.18 Å². The molecule has 2 fully saturated rings. The smallest absolute Gasteiger partial charge is 0.233 e. The van der Waals surface area contributed by atoms with Gasteiger partial charge in [0.1, 0.15) is 5.82 Å². The Kier molecular flexibility index (Phi) is 5.13. The lowest BCUT2D eigenvalue weighted by molar-refractivity contribution is -0.135. The summed E-state index contributed by atoms with van der Waals surface area (Å²) in [7, 11) is 0. The highest BCUT2D eigenvalue weighted by Crippen LogP contribution is 2.50. The van der Waals surface area contributed by atoms with E-state index < -0.39 is 5.41 Å². The van der Waals surface area contributed by atoms with Crippen molar-refractivity contribution in [2.75, 3.05) is 13.1 Å². The lowest BCUT2D eigenvalue weighted by Gasteiger charge is -2.36. The number of nitrogens with two attached hydrogens (primary N) is 1. The van der Waals surface area contributed by atoms with E-state index in [1.54, 1.807) is 12.1 Å². The van der Waals surface area contributed by atoms with E-state index >= 15 is 0 Å². The second kappa shape index (κ2) is 6.55. The number of likely N-dealkylation sites (tertiary alicyclic amines) is 1. The van der Waals surface area contributed by atoms with Gasteiger partial charge in [0, 0.05) is 19.1 Å². The van der Waals surface area contributed by atoms with Crippen molar-refractivity contribution in [1.29, 1.82) is 0 Å². The van der Waals surface area contributed by atoms with Gasteiger partial charge in [-0.05, 0) is 56.2 Å². The van der Waals surface area contributed by atoms with Gasteiger partial charge in [0.05, 0.1) is 5.41 Å². The van der Waals surface area contributed by atoms with Gasteiger partial charge in [0.2, 0.25) is 5.91 Å². The van der Waals surface area contributed by atoms with E-state index in [0.717, 1.165) is 44.3 Å². The minimum Gasteiger partial charge on any atom is -0.342 e. The minimum absolute atomic E-state index is 0. The van der Waals surface area contributed by atoms with Gasteiger partial charge in [-0.1, -0.05) is 12.1 Å². The molecule has 2 N–H and O–H groups in total. The van der Waals surface area contributed by atoms with Gasteiger partial charge in [-0.3, -0.25) is 4.79 Å². The molecule has 1 aliphatic heterocycles. The van der Waals surface area contributed by atoms with Crippen molar-refractivity contribution in [2.45, 2.75) is 44.1 Å².